The number of hydrogen-bond donors (Lipinski definition) is 1. The Balaban J connectivity index is 2.38. The molecular weight excluding hydrogens is 466 g/mol. The number of carbonyl (C=O) groups excluding carboxylic acids is 3. The lowest BCUT2D eigenvalue weighted by atomic mass is 10.0. The van der Waals surface area contributed by atoms with Crippen molar-refractivity contribution in [3.05, 3.63) is 29.8 Å². The smallest absolute Gasteiger partial charge is 0.408 e. The highest BCUT2D eigenvalue weighted by atomic mass is 28.4. The molecule has 0 saturated heterocycles. The molecule has 9 heteroatoms. The van der Waals surface area contributed by atoms with E-state index in [-0.39, 0.29) is 16.7 Å². The molecule has 1 N–H and O–H groups in total. The molecule has 0 bridgehead atoms. The summed E-state index contributed by atoms with van der Waals surface area (Å²) in [5.41, 5.74) is -0.313. The molecule has 0 radical (unpaired) electrons. The summed E-state index contributed by atoms with van der Waals surface area (Å²) in [4.78, 5) is 39.0. The zero-order valence-electron chi connectivity index (χ0n) is 22.7. The lowest BCUT2D eigenvalue weighted by molar-refractivity contribution is -0.143. The molecule has 0 aromatic heterocycles. The van der Waals surface area contributed by atoms with Crippen LogP contribution in [0.5, 0.6) is 5.75 Å². The fraction of sp³-hybridized carbons (Fsp3) is 0.654. The number of methoxy groups -OCH3 is 2. The summed E-state index contributed by atoms with van der Waals surface area (Å²) < 4.78 is 22.2. The van der Waals surface area contributed by atoms with Crippen molar-refractivity contribution in [2.24, 2.45) is 17.8 Å². The van der Waals surface area contributed by atoms with Crippen molar-refractivity contribution in [1.82, 2.24) is 5.32 Å². The number of carbonyl (C=O) groups is 3. The minimum atomic E-state index is -2.12. The first-order valence-electron chi connectivity index (χ1n) is 11.9. The van der Waals surface area contributed by atoms with Gasteiger partial charge in [0.2, 0.25) is 0 Å². The van der Waals surface area contributed by atoms with Crippen LogP contribution in [0.1, 0.15) is 51.9 Å². The monoisotopic (exact) mass is 507 g/mol. The van der Waals surface area contributed by atoms with Crippen molar-refractivity contribution in [2.75, 3.05) is 20.8 Å². The summed E-state index contributed by atoms with van der Waals surface area (Å²) in [6.07, 6.45) is -0.743. The number of nitrogens with one attached hydrogen (secondary N) is 1. The predicted molar refractivity (Wildman–Crippen MR) is 136 cm³/mol. The summed E-state index contributed by atoms with van der Waals surface area (Å²) in [7, 11) is 0.649. The Hall–Kier alpha value is -2.39. The van der Waals surface area contributed by atoms with E-state index in [4.69, 9.17) is 18.6 Å². The maximum absolute atomic E-state index is 13.6. The molecule has 8 nitrogen and oxygen atoms in total. The molecule has 1 aliphatic carbocycles. The Labute approximate surface area is 210 Å². The van der Waals surface area contributed by atoms with E-state index in [1.54, 1.807) is 45.0 Å². The first-order chi connectivity index (χ1) is 16.0. The largest absolute Gasteiger partial charge is 0.496 e. The zero-order chi connectivity index (χ0) is 26.8. The van der Waals surface area contributed by atoms with Gasteiger partial charge in [-0.2, -0.15) is 0 Å². The average molecular weight is 508 g/mol. The van der Waals surface area contributed by atoms with E-state index < -0.39 is 43.9 Å². The van der Waals surface area contributed by atoms with Crippen LogP contribution in [0.3, 0.4) is 0 Å². The number of hydrogen-bond acceptors (Lipinski definition) is 7. The predicted octanol–water partition coefficient (Wildman–Crippen LogP) is 4.83. The minimum Gasteiger partial charge on any atom is -0.496 e. The van der Waals surface area contributed by atoms with Gasteiger partial charge in [-0.25, -0.2) is 9.59 Å². The summed E-state index contributed by atoms with van der Waals surface area (Å²) in [5.74, 6) is -1.65. The summed E-state index contributed by atoms with van der Waals surface area (Å²) in [6, 6.07) is 5.94. The number of Topliss-reactive ketones (excluding diaryl/α,β-unsaturated/α-hetero) is 1. The highest BCUT2D eigenvalue weighted by Gasteiger charge is 2.61. The van der Waals surface area contributed by atoms with Crippen LogP contribution in [0.15, 0.2) is 24.3 Å². The fourth-order valence-corrected chi connectivity index (χ4v) is 4.90. The van der Waals surface area contributed by atoms with Crippen LogP contribution in [0.25, 0.3) is 0 Å². The maximum atomic E-state index is 13.6. The van der Waals surface area contributed by atoms with E-state index in [0.29, 0.717) is 17.9 Å². The molecular formula is C26H41NO7Si. The second-order valence-corrected chi connectivity index (χ2v) is 16.4. The third kappa shape index (κ3) is 7.07. The molecule has 0 heterocycles. The zero-order valence-corrected chi connectivity index (χ0v) is 23.7. The molecule has 1 aromatic rings. The van der Waals surface area contributed by atoms with Gasteiger partial charge in [0.1, 0.15) is 17.4 Å². The van der Waals surface area contributed by atoms with Crippen molar-refractivity contribution >= 4 is 26.2 Å². The number of amides is 1. The molecule has 1 fully saturated rings. The third-order valence-electron chi connectivity index (χ3n) is 6.86. The molecule has 1 aliphatic rings. The van der Waals surface area contributed by atoms with Crippen molar-refractivity contribution in [1.29, 1.82) is 0 Å². The number of ether oxygens (including phenoxy) is 3. The van der Waals surface area contributed by atoms with Crippen molar-refractivity contribution in [2.45, 2.75) is 71.3 Å². The SMILES string of the molecule is COC(=O)[C@H](NC(=O)OC(C)(C)C)[C@@H]1[C@H](CO[Si](C)(C)C(C)(C)C)[C@H]1C(=O)c1ccccc1OC. The molecule has 0 spiro atoms. The van der Waals surface area contributed by atoms with Crippen LogP contribution < -0.4 is 10.1 Å². The van der Waals surface area contributed by atoms with E-state index in [0.717, 1.165) is 0 Å². The number of alkyl carbamates (subject to hydrolysis) is 1. The second kappa shape index (κ2) is 10.7. The van der Waals surface area contributed by atoms with Gasteiger partial charge >= 0.3 is 12.1 Å². The quantitative estimate of drug-likeness (QED) is 0.290. The minimum absolute atomic E-state index is 0.0178. The molecule has 4 atom stereocenters. The Morgan fingerprint density at radius 1 is 1.03 bits per heavy atom. The van der Waals surface area contributed by atoms with Crippen LogP contribution in [-0.4, -0.2) is 58.6 Å². The van der Waals surface area contributed by atoms with Crippen LogP contribution >= 0.6 is 0 Å². The van der Waals surface area contributed by atoms with Gasteiger partial charge in [-0.3, -0.25) is 4.79 Å². The number of para-hydroxylation sites is 1. The molecule has 196 valence electrons. The first-order valence-corrected chi connectivity index (χ1v) is 14.8. The second-order valence-electron chi connectivity index (χ2n) is 11.5. The summed E-state index contributed by atoms with van der Waals surface area (Å²) in [6.45, 7) is 16.2. The molecule has 1 aromatic carbocycles. The highest BCUT2D eigenvalue weighted by Crippen LogP contribution is 2.52. The average Bonchev–Trinajstić information content (AvgIpc) is 3.46. The van der Waals surface area contributed by atoms with Crippen molar-refractivity contribution in [3.63, 3.8) is 0 Å². The molecule has 2 rings (SSSR count). The van der Waals surface area contributed by atoms with Gasteiger partial charge < -0.3 is 24.0 Å². The standard InChI is InChI=1S/C26H41NO7Si/c1-25(2,3)34-24(30)27-21(23(29)32-8)19-17(15-33-35(9,10)26(4,5)6)20(19)22(28)16-13-11-12-14-18(16)31-7/h11-14,17,19-21H,15H2,1-10H3,(H,27,30)/t17-,19+,20+,21+/m0/s1. The van der Waals surface area contributed by atoms with Gasteiger partial charge in [-0.1, -0.05) is 32.9 Å². The van der Waals surface area contributed by atoms with Crippen molar-refractivity contribution in [3.8, 4) is 5.75 Å². The highest BCUT2D eigenvalue weighted by molar-refractivity contribution is 6.74. The summed E-state index contributed by atoms with van der Waals surface area (Å²) in [5, 5.41) is 2.63. The van der Waals surface area contributed by atoms with Crippen LogP contribution in [0, 0.1) is 17.8 Å². The lowest BCUT2D eigenvalue weighted by Gasteiger charge is -2.36. The number of benzene rings is 1. The van der Waals surface area contributed by atoms with Gasteiger partial charge in [0, 0.05) is 18.4 Å². The molecule has 35 heavy (non-hydrogen) atoms. The Bertz CT molecular complexity index is 932. The molecule has 0 unspecified atom stereocenters. The Morgan fingerprint density at radius 2 is 1.63 bits per heavy atom. The van der Waals surface area contributed by atoms with E-state index in [1.165, 1.54) is 14.2 Å². The summed E-state index contributed by atoms with van der Waals surface area (Å²) >= 11 is 0. The van der Waals surface area contributed by atoms with Gasteiger partial charge in [-0.15, -0.1) is 0 Å². The van der Waals surface area contributed by atoms with Crippen LogP contribution in [0.4, 0.5) is 4.79 Å². The number of ketones is 1. The van der Waals surface area contributed by atoms with Gasteiger partial charge in [0.25, 0.3) is 0 Å². The molecule has 1 amide bonds. The van der Waals surface area contributed by atoms with E-state index in [2.05, 4.69) is 39.2 Å². The van der Waals surface area contributed by atoms with E-state index in [1.807, 2.05) is 0 Å². The number of esters is 1. The Morgan fingerprint density at radius 3 is 2.14 bits per heavy atom. The van der Waals surface area contributed by atoms with Crippen LogP contribution in [-0.2, 0) is 18.7 Å². The maximum Gasteiger partial charge on any atom is 0.408 e. The Kier molecular flexibility index (Phi) is 8.82. The molecule has 1 saturated carbocycles. The van der Waals surface area contributed by atoms with Crippen molar-refractivity contribution < 1.29 is 33.0 Å². The fourth-order valence-electron chi connectivity index (χ4n) is 3.86. The van der Waals surface area contributed by atoms with Gasteiger partial charge in [0.15, 0.2) is 14.1 Å². The first kappa shape index (κ1) is 28.8. The van der Waals surface area contributed by atoms with E-state index in [9.17, 15) is 14.4 Å². The van der Waals surface area contributed by atoms with Crippen LogP contribution in [0.2, 0.25) is 18.1 Å². The topological polar surface area (TPSA) is 100 Å². The van der Waals surface area contributed by atoms with Gasteiger partial charge in [-0.05, 0) is 57.0 Å². The third-order valence-corrected chi connectivity index (χ3v) is 11.4. The van der Waals surface area contributed by atoms with E-state index >= 15 is 0 Å². The van der Waals surface area contributed by atoms with Gasteiger partial charge in [0.05, 0.1) is 19.8 Å². The number of rotatable bonds is 9. The lowest BCUT2D eigenvalue weighted by Crippen LogP contribution is -2.46. The molecule has 0 aliphatic heterocycles. The normalized spacial score (nSPS) is 21.0.